The number of nitrogens with two attached hydrogens (primary N) is 1. The summed E-state index contributed by atoms with van der Waals surface area (Å²) in [6, 6.07) is 0.0564. The van der Waals surface area contributed by atoms with E-state index in [1.165, 1.54) is 0 Å². The molecular formula is C12H22N4O. The van der Waals surface area contributed by atoms with Crippen LogP contribution in [0.15, 0.2) is 12.5 Å². The summed E-state index contributed by atoms with van der Waals surface area (Å²) in [6.07, 6.45) is 4.87. The number of ether oxygens (including phenoxy) is 1. The molecule has 2 heterocycles. The zero-order chi connectivity index (χ0) is 12.1. The number of nitrogens with zero attached hydrogens (tertiary/aromatic N) is 3. The van der Waals surface area contributed by atoms with Crippen LogP contribution in [0.2, 0.25) is 0 Å². The second kappa shape index (κ2) is 6.14. The van der Waals surface area contributed by atoms with Crippen molar-refractivity contribution in [3.05, 3.63) is 18.2 Å². The second-order valence-electron chi connectivity index (χ2n) is 4.61. The van der Waals surface area contributed by atoms with Crippen LogP contribution in [-0.2, 0) is 11.3 Å². The molecule has 1 saturated heterocycles. The monoisotopic (exact) mass is 238 g/mol. The third-order valence-corrected chi connectivity index (χ3v) is 3.19. The van der Waals surface area contributed by atoms with Crippen LogP contribution in [0.1, 0.15) is 25.1 Å². The maximum absolute atomic E-state index is 5.89. The highest BCUT2D eigenvalue weighted by Crippen LogP contribution is 2.09. The summed E-state index contributed by atoms with van der Waals surface area (Å²) in [7, 11) is 0. The molecule has 1 aromatic heterocycles. The van der Waals surface area contributed by atoms with E-state index >= 15 is 0 Å². The molecule has 0 bridgehead atoms. The van der Waals surface area contributed by atoms with Crippen LogP contribution in [0.4, 0.5) is 0 Å². The third-order valence-electron chi connectivity index (χ3n) is 3.19. The predicted octanol–water partition coefficient (Wildman–Crippen LogP) is 0.625. The van der Waals surface area contributed by atoms with Crippen molar-refractivity contribution >= 4 is 0 Å². The molecule has 0 unspecified atom stereocenters. The topological polar surface area (TPSA) is 56.3 Å². The van der Waals surface area contributed by atoms with Gasteiger partial charge in [0.2, 0.25) is 0 Å². The van der Waals surface area contributed by atoms with E-state index in [1.807, 2.05) is 19.4 Å². The Balaban J connectivity index is 1.75. The standard InChI is InChI=1S/C12H22N4O/c1-11(13)12-9-14-10-16(12)4-2-3-15-5-7-17-8-6-15/h9-11H,2-8,13H2,1H3/t11-/m0/s1. The number of hydrogen-bond donors (Lipinski definition) is 1. The first-order valence-corrected chi connectivity index (χ1v) is 6.33. The average molecular weight is 238 g/mol. The summed E-state index contributed by atoms with van der Waals surface area (Å²) < 4.78 is 7.49. The lowest BCUT2D eigenvalue weighted by Crippen LogP contribution is -2.37. The van der Waals surface area contributed by atoms with Gasteiger partial charge in [0, 0.05) is 38.4 Å². The van der Waals surface area contributed by atoms with Crippen molar-refractivity contribution in [1.29, 1.82) is 0 Å². The van der Waals surface area contributed by atoms with E-state index in [-0.39, 0.29) is 6.04 Å². The lowest BCUT2D eigenvalue weighted by atomic mass is 10.2. The van der Waals surface area contributed by atoms with Crippen LogP contribution < -0.4 is 5.73 Å². The van der Waals surface area contributed by atoms with Crippen molar-refractivity contribution in [2.24, 2.45) is 5.73 Å². The Morgan fingerprint density at radius 3 is 2.88 bits per heavy atom. The normalized spacial score (nSPS) is 19.4. The molecule has 0 amide bonds. The van der Waals surface area contributed by atoms with Crippen LogP contribution in [0, 0.1) is 0 Å². The fourth-order valence-corrected chi connectivity index (χ4v) is 2.19. The van der Waals surface area contributed by atoms with Gasteiger partial charge in [-0.1, -0.05) is 0 Å². The van der Waals surface area contributed by atoms with Crippen LogP contribution >= 0.6 is 0 Å². The minimum atomic E-state index is 0.0564. The highest BCUT2D eigenvalue weighted by Gasteiger charge is 2.10. The van der Waals surface area contributed by atoms with Gasteiger partial charge >= 0.3 is 0 Å². The fraction of sp³-hybridized carbons (Fsp3) is 0.750. The van der Waals surface area contributed by atoms with Crippen molar-refractivity contribution in [2.45, 2.75) is 25.9 Å². The number of morpholine rings is 1. The number of aryl methyl sites for hydroxylation is 1. The molecule has 96 valence electrons. The highest BCUT2D eigenvalue weighted by atomic mass is 16.5. The summed E-state index contributed by atoms with van der Waals surface area (Å²) in [5, 5.41) is 0. The Bertz CT molecular complexity index is 331. The van der Waals surface area contributed by atoms with Crippen molar-refractivity contribution in [3.8, 4) is 0 Å². The summed E-state index contributed by atoms with van der Waals surface area (Å²) in [6.45, 7) is 7.98. The van der Waals surface area contributed by atoms with Crippen molar-refractivity contribution in [2.75, 3.05) is 32.8 Å². The molecule has 5 nitrogen and oxygen atoms in total. The summed E-state index contributed by atoms with van der Waals surface area (Å²) in [5.74, 6) is 0. The van der Waals surface area contributed by atoms with E-state index in [1.54, 1.807) is 0 Å². The molecule has 0 aliphatic carbocycles. The molecule has 0 spiro atoms. The lowest BCUT2D eigenvalue weighted by molar-refractivity contribution is 0.0369. The minimum Gasteiger partial charge on any atom is -0.379 e. The fourth-order valence-electron chi connectivity index (χ4n) is 2.19. The number of hydrogen-bond acceptors (Lipinski definition) is 4. The first-order chi connectivity index (χ1) is 8.27. The molecule has 1 aliphatic heterocycles. The van der Waals surface area contributed by atoms with E-state index < -0.39 is 0 Å². The van der Waals surface area contributed by atoms with E-state index in [0.29, 0.717) is 0 Å². The first kappa shape index (κ1) is 12.5. The maximum atomic E-state index is 5.89. The Labute approximate surface area is 103 Å². The third kappa shape index (κ3) is 3.52. The number of aromatic nitrogens is 2. The van der Waals surface area contributed by atoms with Crippen molar-refractivity contribution in [1.82, 2.24) is 14.5 Å². The van der Waals surface area contributed by atoms with Gasteiger partial charge < -0.3 is 15.0 Å². The molecule has 5 heteroatoms. The van der Waals surface area contributed by atoms with Gasteiger partial charge in [0.15, 0.2) is 0 Å². The zero-order valence-electron chi connectivity index (χ0n) is 10.5. The van der Waals surface area contributed by atoms with Crippen LogP contribution in [0.3, 0.4) is 0 Å². The second-order valence-corrected chi connectivity index (χ2v) is 4.61. The molecule has 2 N–H and O–H groups in total. The zero-order valence-corrected chi connectivity index (χ0v) is 10.5. The Morgan fingerprint density at radius 2 is 2.18 bits per heavy atom. The van der Waals surface area contributed by atoms with Crippen LogP contribution in [0.25, 0.3) is 0 Å². The smallest absolute Gasteiger partial charge is 0.0948 e. The summed E-state index contributed by atoms with van der Waals surface area (Å²) in [5.41, 5.74) is 7.00. The van der Waals surface area contributed by atoms with Gasteiger partial charge in [-0.05, 0) is 13.3 Å². The van der Waals surface area contributed by atoms with Gasteiger partial charge in [0.1, 0.15) is 0 Å². The van der Waals surface area contributed by atoms with Crippen LogP contribution in [-0.4, -0.2) is 47.3 Å². The molecule has 0 saturated carbocycles. The Morgan fingerprint density at radius 1 is 1.41 bits per heavy atom. The first-order valence-electron chi connectivity index (χ1n) is 6.33. The number of rotatable bonds is 5. The molecular weight excluding hydrogens is 216 g/mol. The van der Waals surface area contributed by atoms with Gasteiger partial charge in [0.25, 0.3) is 0 Å². The molecule has 1 fully saturated rings. The largest absolute Gasteiger partial charge is 0.379 e. The SMILES string of the molecule is C[C@H](N)c1cncn1CCCN1CCOCC1. The van der Waals surface area contributed by atoms with Crippen molar-refractivity contribution < 1.29 is 4.74 Å². The Kier molecular flexibility index (Phi) is 4.53. The molecule has 0 aromatic carbocycles. The lowest BCUT2D eigenvalue weighted by Gasteiger charge is -2.26. The summed E-state index contributed by atoms with van der Waals surface area (Å²) in [4.78, 5) is 6.61. The maximum Gasteiger partial charge on any atom is 0.0948 e. The highest BCUT2D eigenvalue weighted by molar-refractivity contribution is 5.02. The van der Waals surface area contributed by atoms with E-state index in [0.717, 1.165) is 51.5 Å². The minimum absolute atomic E-state index is 0.0564. The average Bonchev–Trinajstić information content (AvgIpc) is 2.79. The van der Waals surface area contributed by atoms with E-state index in [4.69, 9.17) is 10.5 Å². The number of imidazole rings is 1. The van der Waals surface area contributed by atoms with Crippen molar-refractivity contribution in [3.63, 3.8) is 0 Å². The van der Waals surface area contributed by atoms with Crippen LogP contribution in [0.5, 0.6) is 0 Å². The van der Waals surface area contributed by atoms with E-state index in [2.05, 4.69) is 14.5 Å². The molecule has 2 rings (SSSR count). The quantitative estimate of drug-likeness (QED) is 0.817. The molecule has 0 radical (unpaired) electrons. The Hall–Kier alpha value is -0.910. The molecule has 1 aromatic rings. The van der Waals surface area contributed by atoms with E-state index in [9.17, 15) is 0 Å². The van der Waals surface area contributed by atoms with Gasteiger partial charge in [-0.15, -0.1) is 0 Å². The molecule has 1 atom stereocenters. The molecule has 17 heavy (non-hydrogen) atoms. The van der Waals surface area contributed by atoms with Gasteiger partial charge in [0.05, 0.1) is 25.2 Å². The molecule has 1 aliphatic rings. The van der Waals surface area contributed by atoms with Gasteiger partial charge in [-0.2, -0.15) is 0 Å². The van der Waals surface area contributed by atoms with Gasteiger partial charge in [-0.25, -0.2) is 4.98 Å². The predicted molar refractivity (Wildman–Crippen MR) is 66.7 cm³/mol. The van der Waals surface area contributed by atoms with Gasteiger partial charge in [-0.3, -0.25) is 4.90 Å². The summed E-state index contributed by atoms with van der Waals surface area (Å²) >= 11 is 0.